The van der Waals surface area contributed by atoms with Gasteiger partial charge in [0.1, 0.15) is 5.75 Å². The van der Waals surface area contributed by atoms with Gasteiger partial charge < -0.3 is 14.6 Å². The highest BCUT2D eigenvalue weighted by Crippen LogP contribution is 2.31. The first kappa shape index (κ1) is 17.7. The van der Waals surface area contributed by atoms with Crippen LogP contribution in [0.25, 0.3) is 6.08 Å². The highest BCUT2D eigenvalue weighted by atomic mass is 16.5. The number of benzene rings is 1. The van der Waals surface area contributed by atoms with Crippen molar-refractivity contribution in [1.29, 1.82) is 0 Å². The van der Waals surface area contributed by atoms with Gasteiger partial charge in [-0.25, -0.2) is 0 Å². The van der Waals surface area contributed by atoms with E-state index in [1.165, 1.54) is 0 Å². The number of aromatic nitrogens is 2. The Morgan fingerprint density at radius 2 is 2.22 bits per heavy atom. The number of nitrogens with one attached hydrogen (secondary N) is 1. The molecule has 2 heterocycles. The molecule has 1 unspecified atom stereocenters. The third-order valence-corrected chi connectivity index (χ3v) is 4.98. The summed E-state index contributed by atoms with van der Waals surface area (Å²) in [6.07, 6.45) is 8.27. The largest absolute Gasteiger partial charge is 0.496 e. The van der Waals surface area contributed by atoms with Gasteiger partial charge in [0.2, 0.25) is 5.89 Å². The molecule has 1 aromatic heterocycles. The predicted octanol–water partition coefficient (Wildman–Crippen LogP) is 2.82. The minimum Gasteiger partial charge on any atom is -0.496 e. The number of amides is 1. The smallest absolute Gasteiger partial charge is 0.292 e. The van der Waals surface area contributed by atoms with Crippen LogP contribution in [0.1, 0.15) is 53.8 Å². The molecule has 27 heavy (non-hydrogen) atoms. The second-order valence-electron chi connectivity index (χ2n) is 7.00. The number of rotatable bonds is 7. The topological polar surface area (TPSA) is 80.5 Å². The number of hydrogen-bond acceptors (Lipinski definition) is 6. The Morgan fingerprint density at radius 1 is 1.37 bits per heavy atom. The Labute approximate surface area is 158 Å². The van der Waals surface area contributed by atoms with E-state index in [2.05, 4.69) is 32.5 Å². The van der Waals surface area contributed by atoms with Crippen molar-refractivity contribution in [2.45, 2.75) is 37.8 Å². The molecule has 1 aliphatic carbocycles. The van der Waals surface area contributed by atoms with E-state index in [1.54, 1.807) is 7.11 Å². The number of methoxy groups -OCH3 is 1. The van der Waals surface area contributed by atoms with Gasteiger partial charge in [-0.1, -0.05) is 35.5 Å². The number of nitrogens with zero attached hydrogens (tertiary/aromatic N) is 3. The molecule has 7 heteroatoms. The first-order valence-electron chi connectivity index (χ1n) is 9.42. The van der Waals surface area contributed by atoms with Gasteiger partial charge >= 0.3 is 0 Å². The monoisotopic (exact) mass is 368 g/mol. The molecule has 2 fully saturated rings. The molecule has 1 amide bonds. The first-order valence-corrected chi connectivity index (χ1v) is 9.42. The van der Waals surface area contributed by atoms with Crippen LogP contribution in [0.4, 0.5) is 0 Å². The molecule has 0 radical (unpaired) electrons. The number of likely N-dealkylation sites (tertiary alicyclic amines) is 1. The van der Waals surface area contributed by atoms with Crippen LogP contribution >= 0.6 is 0 Å². The molecule has 1 aromatic carbocycles. The molecule has 4 rings (SSSR count). The standard InChI is InChI=1S/C20H24N4O3/c1-26-17-9-3-2-6-14(17)7-4-12-24-13-5-8-16(24)20-22-18(23-27-20)19(25)21-15-10-11-15/h2-4,6-7,9,15-16H,5,8,10-13H2,1H3,(H,21,25)/b7-4+. The Kier molecular flexibility index (Phi) is 5.20. The van der Waals surface area contributed by atoms with Gasteiger partial charge in [-0.2, -0.15) is 4.98 Å². The predicted molar refractivity (Wildman–Crippen MR) is 100 cm³/mol. The molecule has 1 atom stereocenters. The van der Waals surface area contributed by atoms with Crippen molar-refractivity contribution in [3.8, 4) is 5.75 Å². The van der Waals surface area contributed by atoms with E-state index < -0.39 is 0 Å². The van der Waals surface area contributed by atoms with Crippen molar-refractivity contribution >= 4 is 12.0 Å². The van der Waals surface area contributed by atoms with E-state index in [4.69, 9.17) is 9.26 Å². The fourth-order valence-electron chi connectivity index (χ4n) is 3.38. The van der Waals surface area contributed by atoms with Crippen LogP contribution in [-0.4, -0.2) is 47.2 Å². The molecule has 1 N–H and O–H groups in total. The number of para-hydroxylation sites is 1. The van der Waals surface area contributed by atoms with E-state index >= 15 is 0 Å². The van der Waals surface area contributed by atoms with Crippen molar-refractivity contribution in [3.05, 3.63) is 47.6 Å². The zero-order valence-electron chi connectivity index (χ0n) is 15.4. The van der Waals surface area contributed by atoms with E-state index in [1.807, 2.05) is 24.3 Å². The van der Waals surface area contributed by atoms with Crippen LogP contribution in [0.2, 0.25) is 0 Å². The van der Waals surface area contributed by atoms with Gasteiger partial charge in [0, 0.05) is 18.2 Å². The lowest BCUT2D eigenvalue weighted by molar-refractivity contribution is 0.0937. The maximum atomic E-state index is 12.1. The van der Waals surface area contributed by atoms with Crippen molar-refractivity contribution in [1.82, 2.24) is 20.4 Å². The first-order chi connectivity index (χ1) is 13.2. The number of hydrogen-bond donors (Lipinski definition) is 1. The number of carbonyl (C=O) groups excluding carboxylic acids is 1. The maximum Gasteiger partial charge on any atom is 0.292 e. The molecular formula is C20H24N4O3. The van der Waals surface area contributed by atoms with E-state index in [-0.39, 0.29) is 23.8 Å². The average Bonchev–Trinajstić information content (AvgIpc) is 3.18. The summed E-state index contributed by atoms with van der Waals surface area (Å²) in [6.45, 7) is 1.74. The molecule has 0 bridgehead atoms. The van der Waals surface area contributed by atoms with Gasteiger partial charge in [0.05, 0.1) is 13.2 Å². The normalized spacial score (nSPS) is 20.3. The van der Waals surface area contributed by atoms with Gasteiger partial charge in [-0.3, -0.25) is 9.69 Å². The molecule has 1 saturated carbocycles. The van der Waals surface area contributed by atoms with Crippen LogP contribution < -0.4 is 10.1 Å². The van der Waals surface area contributed by atoms with Crippen LogP contribution in [0.3, 0.4) is 0 Å². The Balaban J connectivity index is 1.39. The molecular weight excluding hydrogens is 344 g/mol. The van der Waals surface area contributed by atoms with Crippen molar-refractivity contribution < 1.29 is 14.1 Å². The summed E-state index contributed by atoms with van der Waals surface area (Å²) in [5.74, 6) is 1.27. The molecule has 7 nitrogen and oxygen atoms in total. The van der Waals surface area contributed by atoms with E-state index in [0.29, 0.717) is 5.89 Å². The Hall–Kier alpha value is -2.67. The van der Waals surface area contributed by atoms with Crippen molar-refractivity contribution in [3.63, 3.8) is 0 Å². The average molecular weight is 368 g/mol. The summed E-state index contributed by atoms with van der Waals surface area (Å²) < 4.78 is 10.8. The summed E-state index contributed by atoms with van der Waals surface area (Å²) in [7, 11) is 1.68. The van der Waals surface area contributed by atoms with Crippen molar-refractivity contribution in [2.24, 2.45) is 0 Å². The number of ether oxygens (including phenoxy) is 1. The Bertz CT molecular complexity index is 828. The van der Waals surface area contributed by atoms with Gasteiger partial charge in [-0.15, -0.1) is 0 Å². The second-order valence-corrected chi connectivity index (χ2v) is 7.00. The quantitative estimate of drug-likeness (QED) is 0.809. The molecule has 0 spiro atoms. The maximum absolute atomic E-state index is 12.1. The third kappa shape index (κ3) is 4.19. The van der Waals surface area contributed by atoms with Crippen LogP contribution in [0.5, 0.6) is 5.75 Å². The fraction of sp³-hybridized carbons (Fsp3) is 0.450. The zero-order valence-corrected chi connectivity index (χ0v) is 15.4. The highest BCUT2D eigenvalue weighted by Gasteiger charge is 2.32. The minimum absolute atomic E-state index is 0.0577. The SMILES string of the molecule is COc1ccccc1/C=C/CN1CCCC1c1nc(C(=O)NC2CC2)no1. The minimum atomic E-state index is -0.242. The zero-order chi connectivity index (χ0) is 18.6. The van der Waals surface area contributed by atoms with Gasteiger partial charge in [-0.05, 0) is 38.3 Å². The fourth-order valence-corrected chi connectivity index (χ4v) is 3.38. The lowest BCUT2D eigenvalue weighted by Crippen LogP contribution is -2.27. The third-order valence-electron chi connectivity index (χ3n) is 4.98. The van der Waals surface area contributed by atoms with Gasteiger partial charge in [0.15, 0.2) is 0 Å². The van der Waals surface area contributed by atoms with Crippen LogP contribution in [0.15, 0.2) is 34.9 Å². The van der Waals surface area contributed by atoms with Crippen LogP contribution in [-0.2, 0) is 0 Å². The molecule has 142 valence electrons. The van der Waals surface area contributed by atoms with E-state index in [0.717, 1.165) is 50.1 Å². The highest BCUT2D eigenvalue weighted by molar-refractivity contribution is 5.90. The molecule has 1 aliphatic heterocycles. The summed E-state index contributed by atoms with van der Waals surface area (Å²) in [5, 5.41) is 6.76. The number of carbonyl (C=O) groups is 1. The lowest BCUT2D eigenvalue weighted by atomic mass is 10.2. The van der Waals surface area contributed by atoms with Crippen LogP contribution in [0, 0.1) is 0 Å². The second kappa shape index (κ2) is 7.92. The molecule has 1 saturated heterocycles. The summed E-state index contributed by atoms with van der Waals surface area (Å²) in [4.78, 5) is 18.7. The van der Waals surface area contributed by atoms with Gasteiger partial charge in [0.25, 0.3) is 11.7 Å². The summed E-state index contributed by atoms with van der Waals surface area (Å²) in [6, 6.07) is 8.27. The van der Waals surface area contributed by atoms with Crippen molar-refractivity contribution in [2.75, 3.05) is 20.2 Å². The summed E-state index contributed by atoms with van der Waals surface area (Å²) in [5.41, 5.74) is 1.05. The van der Waals surface area contributed by atoms with E-state index in [9.17, 15) is 4.79 Å². The molecule has 2 aromatic rings. The Morgan fingerprint density at radius 3 is 3.04 bits per heavy atom. The summed E-state index contributed by atoms with van der Waals surface area (Å²) >= 11 is 0. The lowest BCUT2D eigenvalue weighted by Gasteiger charge is -2.19. The molecule has 2 aliphatic rings.